The van der Waals surface area contributed by atoms with Crippen LogP contribution in [0.25, 0.3) is 0 Å². The molecule has 0 aliphatic heterocycles. The number of ether oxygens (including phenoxy) is 1. The summed E-state index contributed by atoms with van der Waals surface area (Å²) in [6.45, 7) is 4.50. The van der Waals surface area contributed by atoms with E-state index in [4.69, 9.17) is 4.74 Å². The van der Waals surface area contributed by atoms with E-state index in [-0.39, 0.29) is 5.69 Å². The molecule has 146 valence electrons. The van der Waals surface area contributed by atoms with Gasteiger partial charge in [-0.15, -0.1) is 0 Å². The molecule has 2 aromatic rings. The third kappa shape index (κ3) is 5.54. The first-order valence-corrected chi connectivity index (χ1v) is 8.96. The molecule has 0 aliphatic rings. The molecule has 0 saturated heterocycles. The lowest BCUT2D eigenvalue weighted by atomic mass is 10.1. The lowest BCUT2D eigenvalue weighted by Gasteiger charge is -2.08. The highest BCUT2D eigenvalue weighted by atomic mass is 32.2. The molecule has 0 bridgehead atoms. The van der Waals surface area contributed by atoms with E-state index in [9.17, 15) is 23.5 Å². The Hall–Kier alpha value is -2.39. The zero-order valence-corrected chi connectivity index (χ0v) is 15.8. The molecule has 1 heterocycles. The summed E-state index contributed by atoms with van der Waals surface area (Å²) >= 11 is 0.408. The van der Waals surface area contributed by atoms with Crippen LogP contribution in [0.2, 0.25) is 0 Å². The normalized spacial score (nSPS) is 12.1. The van der Waals surface area contributed by atoms with Gasteiger partial charge in [0, 0.05) is 21.8 Å². The Labute approximate surface area is 159 Å². The summed E-state index contributed by atoms with van der Waals surface area (Å²) in [5.74, 6) is -3.78. The number of aromatic amines is 1. The van der Waals surface area contributed by atoms with Gasteiger partial charge in [0.25, 0.3) is 11.7 Å². The van der Waals surface area contributed by atoms with E-state index in [0.717, 1.165) is 0 Å². The minimum atomic E-state index is -2.51. The number of aliphatic hydroxyl groups excluding tert-OH is 1. The molecule has 1 aromatic heterocycles. The van der Waals surface area contributed by atoms with Crippen molar-refractivity contribution in [2.45, 2.75) is 37.5 Å². The van der Waals surface area contributed by atoms with Crippen LogP contribution in [0.5, 0.6) is 0 Å². The second-order valence-electron chi connectivity index (χ2n) is 5.87. The lowest BCUT2D eigenvalue weighted by molar-refractivity contribution is -0.119. The topological polar surface area (TPSA) is 91.4 Å². The number of aryl methyl sites for hydroxylation is 1. The number of carbonyl (C=O) groups is 2. The maximum Gasteiger partial charge on any atom is 0.355 e. The molecule has 6 nitrogen and oxygen atoms in total. The molecule has 1 atom stereocenters. The number of anilines is 1. The van der Waals surface area contributed by atoms with Crippen LogP contribution in [0.3, 0.4) is 0 Å². The third-order valence-corrected chi connectivity index (χ3v) is 4.54. The first kappa shape index (κ1) is 20.9. The van der Waals surface area contributed by atoms with Gasteiger partial charge in [0.2, 0.25) is 0 Å². The van der Waals surface area contributed by atoms with Gasteiger partial charge in [-0.1, -0.05) is 11.8 Å². The Bertz CT molecular complexity index is 820. The zero-order valence-electron chi connectivity index (χ0n) is 15.0. The first-order valence-electron chi connectivity index (χ1n) is 8.08. The molecule has 0 unspecified atom stereocenters. The third-order valence-electron chi connectivity index (χ3n) is 3.82. The molecule has 0 spiro atoms. The van der Waals surface area contributed by atoms with E-state index in [1.54, 1.807) is 20.8 Å². The van der Waals surface area contributed by atoms with Crippen molar-refractivity contribution < 1.29 is 28.2 Å². The van der Waals surface area contributed by atoms with Gasteiger partial charge in [0.15, 0.2) is 6.61 Å². The Balaban J connectivity index is 1.92. The molecule has 0 aliphatic carbocycles. The van der Waals surface area contributed by atoms with Crippen LogP contribution < -0.4 is 5.32 Å². The molecule has 3 N–H and O–H groups in total. The largest absolute Gasteiger partial charge is 0.451 e. The molecular weight excluding hydrogens is 378 g/mol. The number of aliphatic hydroxyl groups is 1. The zero-order chi connectivity index (χ0) is 20.1. The number of hydrogen-bond acceptors (Lipinski definition) is 5. The van der Waals surface area contributed by atoms with Crippen LogP contribution in [0.1, 0.15) is 40.3 Å². The van der Waals surface area contributed by atoms with Crippen molar-refractivity contribution in [3.05, 3.63) is 46.8 Å². The highest BCUT2D eigenvalue weighted by Gasteiger charge is 2.21. The predicted molar refractivity (Wildman–Crippen MR) is 98.1 cm³/mol. The average molecular weight is 398 g/mol. The number of hydrogen-bond donors (Lipinski definition) is 3. The number of rotatable bonds is 7. The Morgan fingerprint density at radius 2 is 1.89 bits per heavy atom. The number of carbonyl (C=O) groups excluding carboxylic acids is 2. The summed E-state index contributed by atoms with van der Waals surface area (Å²) in [5.41, 5.74) is 2.43. The van der Waals surface area contributed by atoms with Crippen LogP contribution in [0.4, 0.5) is 14.5 Å². The van der Waals surface area contributed by atoms with Crippen molar-refractivity contribution in [3.63, 3.8) is 0 Å². The maximum absolute atomic E-state index is 12.3. The summed E-state index contributed by atoms with van der Waals surface area (Å²) < 4.78 is 29.5. The van der Waals surface area contributed by atoms with Crippen molar-refractivity contribution in [2.24, 2.45) is 0 Å². The number of halogens is 2. The van der Waals surface area contributed by atoms with Crippen LogP contribution >= 0.6 is 11.8 Å². The minimum absolute atomic E-state index is 0.185. The van der Waals surface area contributed by atoms with Gasteiger partial charge in [-0.3, -0.25) is 4.79 Å². The van der Waals surface area contributed by atoms with Crippen molar-refractivity contribution in [1.29, 1.82) is 0 Å². The van der Waals surface area contributed by atoms with Gasteiger partial charge in [0.1, 0.15) is 5.69 Å². The quantitative estimate of drug-likeness (QED) is 0.488. The number of nitrogens with one attached hydrogen (secondary N) is 2. The Morgan fingerprint density at radius 1 is 1.26 bits per heavy atom. The Kier molecular flexibility index (Phi) is 6.98. The van der Waals surface area contributed by atoms with Crippen molar-refractivity contribution >= 4 is 29.3 Å². The van der Waals surface area contributed by atoms with Gasteiger partial charge in [-0.2, -0.15) is 8.78 Å². The standard InChI is InChI=1S/C18H20F2N2O4S/c1-9-15(11(3)23)10(2)21-16(9)17(25)26-8-14(24)22-12-4-6-13(7-5-12)27-18(19)20/h4-7,11,18,21,23H,8H2,1-3H3,(H,22,24)/t11-/m0/s1. The SMILES string of the molecule is Cc1[nH]c(C(=O)OCC(=O)Nc2ccc(SC(F)F)cc2)c(C)c1[C@H](C)O. The molecule has 27 heavy (non-hydrogen) atoms. The number of H-pyrrole nitrogens is 1. The minimum Gasteiger partial charge on any atom is -0.451 e. The van der Waals surface area contributed by atoms with Gasteiger partial charge in [-0.05, 0) is 50.6 Å². The summed E-state index contributed by atoms with van der Waals surface area (Å²) in [6, 6.07) is 5.89. The second kappa shape index (κ2) is 9.01. The lowest BCUT2D eigenvalue weighted by Crippen LogP contribution is -2.21. The van der Waals surface area contributed by atoms with E-state index >= 15 is 0 Å². The fourth-order valence-corrected chi connectivity index (χ4v) is 3.21. The Morgan fingerprint density at radius 3 is 2.41 bits per heavy atom. The summed E-state index contributed by atoms with van der Waals surface area (Å²) in [7, 11) is 0. The fraction of sp³-hybridized carbons (Fsp3) is 0.333. The summed E-state index contributed by atoms with van der Waals surface area (Å²) in [6.07, 6.45) is -0.739. The number of esters is 1. The van der Waals surface area contributed by atoms with E-state index < -0.39 is 30.3 Å². The van der Waals surface area contributed by atoms with Gasteiger partial charge < -0.3 is 20.1 Å². The van der Waals surface area contributed by atoms with E-state index in [2.05, 4.69) is 10.3 Å². The predicted octanol–water partition coefficient (Wildman–Crippen LogP) is 3.80. The van der Waals surface area contributed by atoms with Crippen LogP contribution in [0, 0.1) is 13.8 Å². The number of alkyl halides is 2. The van der Waals surface area contributed by atoms with Crippen molar-refractivity contribution in [1.82, 2.24) is 4.98 Å². The number of aromatic nitrogens is 1. The highest BCUT2D eigenvalue weighted by molar-refractivity contribution is 7.99. The monoisotopic (exact) mass is 398 g/mol. The first-order chi connectivity index (χ1) is 12.7. The molecule has 2 rings (SSSR count). The van der Waals surface area contributed by atoms with Crippen LogP contribution in [-0.4, -0.2) is 34.3 Å². The highest BCUT2D eigenvalue weighted by Crippen LogP contribution is 2.26. The van der Waals surface area contributed by atoms with Gasteiger partial charge in [-0.25, -0.2) is 4.79 Å². The van der Waals surface area contributed by atoms with Crippen molar-refractivity contribution in [2.75, 3.05) is 11.9 Å². The molecule has 0 saturated carbocycles. The molecule has 0 radical (unpaired) electrons. The molecule has 1 aromatic carbocycles. The number of thioether (sulfide) groups is 1. The van der Waals surface area contributed by atoms with E-state index in [0.29, 0.717) is 39.2 Å². The van der Waals surface area contributed by atoms with Gasteiger partial charge >= 0.3 is 5.97 Å². The second-order valence-corrected chi connectivity index (χ2v) is 6.93. The van der Waals surface area contributed by atoms with Gasteiger partial charge in [0.05, 0.1) is 6.10 Å². The summed E-state index contributed by atoms with van der Waals surface area (Å²) in [5, 5.41) is 12.3. The van der Waals surface area contributed by atoms with Crippen LogP contribution in [-0.2, 0) is 9.53 Å². The molecule has 0 fully saturated rings. The average Bonchev–Trinajstić information content (AvgIpc) is 2.88. The number of benzene rings is 1. The van der Waals surface area contributed by atoms with E-state index in [1.165, 1.54) is 24.3 Å². The maximum atomic E-state index is 12.3. The molecule has 1 amide bonds. The summed E-state index contributed by atoms with van der Waals surface area (Å²) in [4.78, 5) is 27.3. The van der Waals surface area contributed by atoms with E-state index in [1.807, 2.05) is 0 Å². The number of amides is 1. The smallest absolute Gasteiger partial charge is 0.355 e. The molecular formula is C18H20F2N2O4S. The van der Waals surface area contributed by atoms with Crippen LogP contribution in [0.15, 0.2) is 29.2 Å². The fourth-order valence-electron chi connectivity index (χ4n) is 2.72. The van der Waals surface area contributed by atoms with Crippen molar-refractivity contribution in [3.8, 4) is 0 Å². The molecule has 9 heteroatoms.